The maximum Gasteiger partial charge on any atom is 0.416 e. The van der Waals surface area contributed by atoms with Crippen LogP contribution in [0, 0.1) is 0 Å². The molecule has 1 saturated heterocycles. The fourth-order valence-electron chi connectivity index (χ4n) is 3.35. The number of hydrogen-bond donors (Lipinski definition) is 1. The third-order valence-corrected chi connectivity index (χ3v) is 5.24. The van der Waals surface area contributed by atoms with Crippen LogP contribution in [0.3, 0.4) is 0 Å². The molecular formula is C23H16F3N3O3S. The van der Waals surface area contributed by atoms with Crippen molar-refractivity contribution in [1.29, 1.82) is 0 Å². The van der Waals surface area contributed by atoms with Gasteiger partial charge in [0.25, 0.3) is 11.8 Å². The molecule has 168 valence electrons. The van der Waals surface area contributed by atoms with Crippen LogP contribution in [-0.2, 0) is 15.8 Å². The summed E-state index contributed by atoms with van der Waals surface area (Å²) in [6.45, 7) is 0. The number of methoxy groups -OCH3 is 1. The van der Waals surface area contributed by atoms with Crippen LogP contribution in [-0.4, -0.2) is 28.6 Å². The molecule has 0 bridgehead atoms. The smallest absolute Gasteiger partial charge is 0.416 e. The predicted octanol–water partition coefficient (Wildman–Crippen LogP) is 4.34. The van der Waals surface area contributed by atoms with E-state index >= 15 is 0 Å². The molecule has 1 aliphatic heterocycles. The summed E-state index contributed by atoms with van der Waals surface area (Å²) in [7, 11) is 1.51. The number of aromatic nitrogens is 1. The number of thiocarbonyl (C=S) groups is 1. The van der Waals surface area contributed by atoms with Gasteiger partial charge in [0.15, 0.2) is 5.11 Å². The summed E-state index contributed by atoms with van der Waals surface area (Å²) in [4.78, 5) is 26.9. The van der Waals surface area contributed by atoms with E-state index in [0.717, 1.165) is 12.1 Å². The lowest BCUT2D eigenvalue weighted by Crippen LogP contribution is -2.54. The topological polar surface area (TPSA) is 63.6 Å². The van der Waals surface area contributed by atoms with Crippen LogP contribution >= 0.6 is 12.2 Å². The first-order valence-corrected chi connectivity index (χ1v) is 10.0. The van der Waals surface area contributed by atoms with Gasteiger partial charge in [0, 0.05) is 17.6 Å². The quantitative estimate of drug-likeness (QED) is 0.350. The molecule has 1 aliphatic rings. The number of anilines is 1. The lowest BCUT2D eigenvalue weighted by atomic mass is 10.1. The normalized spacial score (nSPS) is 15.7. The van der Waals surface area contributed by atoms with E-state index in [0.29, 0.717) is 17.1 Å². The van der Waals surface area contributed by atoms with Crippen LogP contribution in [0.15, 0.2) is 72.4 Å². The Morgan fingerprint density at radius 3 is 2.39 bits per heavy atom. The fraction of sp³-hybridized carbons (Fsp3) is 0.0870. The molecule has 6 nitrogen and oxygen atoms in total. The number of amides is 2. The van der Waals surface area contributed by atoms with E-state index in [9.17, 15) is 22.8 Å². The number of carbonyl (C=O) groups is 2. The molecule has 1 aromatic heterocycles. The van der Waals surface area contributed by atoms with Crippen LogP contribution in [0.5, 0.6) is 5.75 Å². The largest absolute Gasteiger partial charge is 0.497 e. The maximum atomic E-state index is 13.2. The first-order valence-electron chi connectivity index (χ1n) is 9.59. The average molecular weight is 471 g/mol. The number of nitrogens with zero attached hydrogens (tertiary/aromatic N) is 2. The van der Waals surface area contributed by atoms with E-state index in [2.05, 4.69) is 5.32 Å². The number of nitrogens with one attached hydrogen (secondary N) is 1. The zero-order chi connectivity index (χ0) is 23.8. The third-order valence-electron chi connectivity index (χ3n) is 4.96. The van der Waals surface area contributed by atoms with Crippen molar-refractivity contribution < 1.29 is 27.5 Å². The van der Waals surface area contributed by atoms with Gasteiger partial charge in [-0.2, -0.15) is 13.2 Å². The minimum Gasteiger partial charge on any atom is -0.497 e. The van der Waals surface area contributed by atoms with Crippen molar-refractivity contribution >= 4 is 40.9 Å². The molecule has 33 heavy (non-hydrogen) atoms. The molecule has 0 aliphatic carbocycles. The Balaban J connectivity index is 1.72. The van der Waals surface area contributed by atoms with Crippen molar-refractivity contribution in [3.05, 3.63) is 83.7 Å². The van der Waals surface area contributed by atoms with Crippen LogP contribution in [0.4, 0.5) is 18.9 Å². The van der Waals surface area contributed by atoms with Crippen LogP contribution in [0.25, 0.3) is 11.8 Å². The first-order chi connectivity index (χ1) is 15.7. The highest BCUT2D eigenvalue weighted by Crippen LogP contribution is 2.31. The number of halogens is 3. The first kappa shape index (κ1) is 22.3. The highest BCUT2D eigenvalue weighted by atomic mass is 32.1. The Bertz CT molecular complexity index is 1280. The van der Waals surface area contributed by atoms with E-state index in [4.69, 9.17) is 17.0 Å². The van der Waals surface area contributed by atoms with Gasteiger partial charge in [-0.05, 0) is 72.9 Å². The molecule has 2 amide bonds. The Hall–Kier alpha value is -3.92. The van der Waals surface area contributed by atoms with E-state index < -0.39 is 23.6 Å². The zero-order valence-electron chi connectivity index (χ0n) is 17.1. The van der Waals surface area contributed by atoms with Crippen molar-refractivity contribution in [2.45, 2.75) is 6.18 Å². The molecular weight excluding hydrogens is 455 g/mol. The van der Waals surface area contributed by atoms with Crippen molar-refractivity contribution in [3.63, 3.8) is 0 Å². The molecule has 1 N–H and O–H groups in total. The van der Waals surface area contributed by atoms with Gasteiger partial charge in [-0.25, -0.2) is 0 Å². The van der Waals surface area contributed by atoms with Crippen molar-refractivity contribution in [2.24, 2.45) is 0 Å². The van der Waals surface area contributed by atoms with Crippen molar-refractivity contribution in [3.8, 4) is 11.4 Å². The molecule has 0 saturated carbocycles. The Morgan fingerprint density at radius 2 is 1.73 bits per heavy atom. The van der Waals surface area contributed by atoms with Crippen molar-refractivity contribution in [1.82, 2.24) is 9.88 Å². The molecule has 1 fully saturated rings. The summed E-state index contributed by atoms with van der Waals surface area (Å²) in [5.74, 6) is -0.787. The SMILES string of the molecule is COc1ccc(N2C(=O)/C(=C/c3cccn3-c3cccc(C(F)(F)F)c3)C(=O)NC2=S)cc1. The summed E-state index contributed by atoms with van der Waals surface area (Å²) in [5.41, 5.74) is -0.0330. The monoisotopic (exact) mass is 471 g/mol. The molecule has 0 atom stereocenters. The van der Waals surface area contributed by atoms with Gasteiger partial charge in [-0.3, -0.25) is 19.8 Å². The molecule has 2 heterocycles. The summed E-state index contributed by atoms with van der Waals surface area (Å²) in [6.07, 6.45) is -1.65. The molecule has 0 spiro atoms. The van der Waals surface area contributed by atoms with E-state index in [1.54, 1.807) is 42.6 Å². The lowest BCUT2D eigenvalue weighted by molar-refractivity contribution is -0.137. The molecule has 0 radical (unpaired) electrons. The second kappa shape index (κ2) is 8.55. The number of rotatable bonds is 4. The van der Waals surface area contributed by atoms with Gasteiger partial charge < -0.3 is 9.30 Å². The summed E-state index contributed by atoms with van der Waals surface area (Å²) in [5, 5.41) is 2.39. The van der Waals surface area contributed by atoms with Crippen LogP contribution in [0.1, 0.15) is 11.3 Å². The Kier molecular flexibility index (Phi) is 5.77. The number of hydrogen-bond acceptors (Lipinski definition) is 4. The van der Waals surface area contributed by atoms with Gasteiger partial charge in [0.2, 0.25) is 0 Å². The fourth-order valence-corrected chi connectivity index (χ4v) is 3.63. The zero-order valence-corrected chi connectivity index (χ0v) is 17.9. The summed E-state index contributed by atoms with van der Waals surface area (Å²) >= 11 is 5.18. The maximum absolute atomic E-state index is 13.2. The van der Waals surface area contributed by atoms with Crippen LogP contribution < -0.4 is 15.0 Å². The number of ether oxygens (including phenoxy) is 1. The van der Waals surface area contributed by atoms with E-state index in [1.807, 2.05) is 0 Å². The standard InChI is InChI=1S/C23H16F3N3O3S/c1-32-18-9-7-15(8-10-18)29-21(31)19(20(30)27-22(29)33)13-17-6-3-11-28(17)16-5-2-4-14(12-16)23(24,25)26/h2-13H,1H3,(H,27,30,33)/b19-13+. The average Bonchev–Trinajstić information content (AvgIpc) is 3.25. The van der Waals surface area contributed by atoms with Gasteiger partial charge in [0.1, 0.15) is 11.3 Å². The lowest BCUT2D eigenvalue weighted by Gasteiger charge is -2.29. The Labute approximate surface area is 191 Å². The van der Waals surface area contributed by atoms with Crippen molar-refractivity contribution in [2.75, 3.05) is 12.0 Å². The molecule has 2 aromatic carbocycles. The molecule has 0 unspecified atom stereocenters. The second-order valence-electron chi connectivity index (χ2n) is 7.01. The summed E-state index contributed by atoms with van der Waals surface area (Å²) in [6, 6.07) is 14.4. The molecule has 4 rings (SSSR count). The second-order valence-corrected chi connectivity index (χ2v) is 7.39. The van der Waals surface area contributed by atoms with Gasteiger partial charge in [-0.1, -0.05) is 6.07 Å². The van der Waals surface area contributed by atoms with Gasteiger partial charge in [-0.15, -0.1) is 0 Å². The number of benzene rings is 2. The number of carbonyl (C=O) groups excluding carboxylic acids is 2. The predicted molar refractivity (Wildman–Crippen MR) is 120 cm³/mol. The molecule has 10 heteroatoms. The van der Waals surface area contributed by atoms with Gasteiger partial charge in [0.05, 0.1) is 18.4 Å². The van der Waals surface area contributed by atoms with Crippen LogP contribution in [0.2, 0.25) is 0 Å². The number of alkyl halides is 3. The Morgan fingerprint density at radius 1 is 1.00 bits per heavy atom. The highest BCUT2D eigenvalue weighted by Gasteiger charge is 2.35. The minimum atomic E-state index is -4.50. The minimum absolute atomic E-state index is 0.0828. The van der Waals surface area contributed by atoms with Gasteiger partial charge >= 0.3 is 6.18 Å². The van der Waals surface area contributed by atoms with E-state index in [-0.39, 0.29) is 16.4 Å². The highest BCUT2D eigenvalue weighted by molar-refractivity contribution is 7.80. The molecule has 3 aromatic rings. The van der Waals surface area contributed by atoms with E-state index in [1.165, 1.54) is 34.8 Å². The third kappa shape index (κ3) is 4.37. The summed E-state index contributed by atoms with van der Waals surface area (Å²) < 4.78 is 46.0.